The SMILES string of the molecule is COc1c(O)ccc(-c2cccc3c2CCC3=O)c1OCC1(CO)COC1. The van der Waals surface area contributed by atoms with Crippen LogP contribution in [0.2, 0.25) is 0 Å². The van der Waals surface area contributed by atoms with E-state index in [-0.39, 0.29) is 30.5 Å². The highest BCUT2D eigenvalue weighted by atomic mass is 16.5. The van der Waals surface area contributed by atoms with E-state index in [0.29, 0.717) is 31.8 Å². The van der Waals surface area contributed by atoms with Crippen LogP contribution < -0.4 is 9.47 Å². The number of hydrogen-bond acceptors (Lipinski definition) is 6. The van der Waals surface area contributed by atoms with Gasteiger partial charge in [0.05, 0.1) is 32.3 Å². The highest BCUT2D eigenvalue weighted by molar-refractivity contribution is 6.02. The molecule has 0 aromatic heterocycles. The first-order valence-electron chi connectivity index (χ1n) is 8.95. The fraction of sp³-hybridized carbons (Fsp3) is 0.381. The number of aliphatic hydroxyl groups excluding tert-OH is 1. The van der Waals surface area contributed by atoms with Gasteiger partial charge in [-0.25, -0.2) is 0 Å². The van der Waals surface area contributed by atoms with E-state index in [4.69, 9.17) is 14.2 Å². The Morgan fingerprint density at radius 3 is 2.52 bits per heavy atom. The number of hydrogen-bond donors (Lipinski definition) is 2. The summed E-state index contributed by atoms with van der Waals surface area (Å²) in [5, 5.41) is 19.9. The number of carbonyl (C=O) groups is 1. The molecule has 0 saturated carbocycles. The van der Waals surface area contributed by atoms with Crippen molar-refractivity contribution in [1.82, 2.24) is 0 Å². The molecule has 6 heteroatoms. The third-order valence-electron chi connectivity index (χ3n) is 5.34. The Hall–Kier alpha value is -2.57. The molecule has 2 aliphatic rings. The standard InChI is InChI=1S/C21H22O6/c1-25-20-18(24)8-6-16(19(20)27-12-21(9-22)10-26-11-21)13-3-2-4-15-14(13)5-7-17(15)23/h2-4,6,8,22,24H,5,7,9-12H2,1H3. The van der Waals surface area contributed by atoms with Gasteiger partial charge in [-0.2, -0.15) is 0 Å². The van der Waals surface area contributed by atoms with Gasteiger partial charge in [0.2, 0.25) is 5.75 Å². The van der Waals surface area contributed by atoms with Crippen LogP contribution in [-0.4, -0.2) is 49.5 Å². The molecule has 2 aromatic rings. The Morgan fingerprint density at radius 1 is 1.07 bits per heavy atom. The molecule has 0 spiro atoms. The third kappa shape index (κ3) is 2.95. The molecule has 1 aliphatic heterocycles. The summed E-state index contributed by atoms with van der Waals surface area (Å²) in [6.07, 6.45) is 1.18. The van der Waals surface area contributed by atoms with Gasteiger partial charge in [0.25, 0.3) is 0 Å². The van der Waals surface area contributed by atoms with Gasteiger partial charge in [-0.3, -0.25) is 4.79 Å². The fourth-order valence-corrected chi connectivity index (χ4v) is 3.68. The van der Waals surface area contributed by atoms with E-state index in [1.165, 1.54) is 7.11 Å². The van der Waals surface area contributed by atoms with E-state index < -0.39 is 5.41 Å². The van der Waals surface area contributed by atoms with Gasteiger partial charge in [-0.15, -0.1) is 0 Å². The molecule has 142 valence electrons. The van der Waals surface area contributed by atoms with Crippen molar-refractivity contribution in [2.24, 2.45) is 5.41 Å². The summed E-state index contributed by atoms with van der Waals surface area (Å²) < 4.78 is 16.7. The number of phenolic OH excluding ortho intramolecular Hbond substituents is 1. The lowest BCUT2D eigenvalue weighted by atomic mass is 9.88. The number of ether oxygens (including phenoxy) is 3. The van der Waals surface area contributed by atoms with E-state index in [0.717, 1.165) is 22.3 Å². The molecule has 2 aromatic carbocycles. The van der Waals surface area contributed by atoms with Gasteiger partial charge in [0, 0.05) is 17.5 Å². The van der Waals surface area contributed by atoms with Crippen LogP contribution in [0.25, 0.3) is 11.1 Å². The summed E-state index contributed by atoms with van der Waals surface area (Å²) >= 11 is 0. The summed E-state index contributed by atoms with van der Waals surface area (Å²) in [6, 6.07) is 8.98. The summed E-state index contributed by atoms with van der Waals surface area (Å²) in [5.41, 5.74) is 2.94. The smallest absolute Gasteiger partial charge is 0.203 e. The van der Waals surface area contributed by atoms with E-state index in [2.05, 4.69) is 0 Å². The predicted octanol–water partition coefficient (Wildman–Crippen LogP) is 2.58. The number of benzene rings is 2. The molecule has 0 amide bonds. The number of phenols is 1. The Balaban J connectivity index is 1.79. The maximum atomic E-state index is 12.1. The van der Waals surface area contributed by atoms with E-state index >= 15 is 0 Å². The maximum Gasteiger partial charge on any atom is 0.203 e. The predicted molar refractivity (Wildman–Crippen MR) is 98.6 cm³/mol. The number of fused-ring (bicyclic) bond motifs is 1. The number of aromatic hydroxyl groups is 1. The molecule has 0 bridgehead atoms. The first-order valence-corrected chi connectivity index (χ1v) is 8.95. The molecule has 1 aliphatic carbocycles. The Bertz CT molecular complexity index is 879. The molecule has 1 fully saturated rings. The number of methoxy groups -OCH3 is 1. The molecule has 1 saturated heterocycles. The van der Waals surface area contributed by atoms with E-state index in [1.54, 1.807) is 12.1 Å². The number of carbonyl (C=O) groups excluding carboxylic acids is 1. The molecular weight excluding hydrogens is 348 g/mol. The average molecular weight is 370 g/mol. The lowest BCUT2D eigenvalue weighted by molar-refractivity contribution is -0.153. The van der Waals surface area contributed by atoms with Gasteiger partial charge in [0.1, 0.15) is 6.61 Å². The van der Waals surface area contributed by atoms with Gasteiger partial charge in [-0.1, -0.05) is 18.2 Å². The van der Waals surface area contributed by atoms with Crippen molar-refractivity contribution in [3.8, 4) is 28.4 Å². The van der Waals surface area contributed by atoms with Gasteiger partial charge < -0.3 is 24.4 Å². The Kier molecular flexibility index (Phi) is 4.53. The average Bonchev–Trinajstić information content (AvgIpc) is 3.03. The fourth-order valence-electron chi connectivity index (χ4n) is 3.68. The Morgan fingerprint density at radius 2 is 1.85 bits per heavy atom. The molecular formula is C21H22O6. The van der Waals surface area contributed by atoms with Crippen LogP contribution in [0.4, 0.5) is 0 Å². The van der Waals surface area contributed by atoms with E-state index in [1.807, 2.05) is 18.2 Å². The van der Waals surface area contributed by atoms with Crippen LogP contribution in [0.5, 0.6) is 17.2 Å². The molecule has 0 radical (unpaired) electrons. The number of rotatable bonds is 6. The normalized spacial score (nSPS) is 17.3. The molecule has 27 heavy (non-hydrogen) atoms. The molecule has 2 N–H and O–H groups in total. The minimum absolute atomic E-state index is 0.0252. The summed E-state index contributed by atoms with van der Waals surface area (Å²) in [5.74, 6) is 0.765. The highest BCUT2D eigenvalue weighted by Gasteiger charge is 2.39. The molecule has 0 unspecified atom stereocenters. The molecule has 0 atom stereocenters. The van der Waals surface area contributed by atoms with Crippen molar-refractivity contribution < 1.29 is 29.2 Å². The topological polar surface area (TPSA) is 85.2 Å². The number of Topliss-reactive ketones (excluding diaryl/α,β-unsaturated/α-hetero) is 1. The van der Waals surface area contributed by atoms with Crippen LogP contribution in [0.3, 0.4) is 0 Å². The first kappa shape index (κ1) is 17.8. The quantitative estimate of drug-likeness (QED) is 0.813. The van der Waals surface area contributed by atoms with Crippen LogP contribution in [0.1, 0.15) is 22.3 Å². The van der Waals surface area contributed by atoms with E-state index in [9.17, 15) is 15.0 Å². The monoisotopic (exact) mass is 370 g/mol. The molecule has 1 heterocycles. The number of aliphatic hydroxyl groups is 1. The van der Waals surface area contributed by atoms with Crippen molar-refractivity contribution in [3.63, 3.8) is 0 Å². The summed E-state index contributed by atoms with van der Waals surface area (Å²) in [4.78, 5) is 12.1. The van der Waals surface area contributed by atoms with Crippen molar-refractivity contribution in [2.45, 2.75) is 12.8 Å². The van der Waals surface area contributed by atoms with Gasteiger partial charge in [-0.05, 0) is 29.7 Å². The Labute approximate surface area is 157 Å². The van der Waals surface area contributed by atoms with Gasteiger partial charge in [0.15, 0.2) is 17.3 Å². The first-order chi connectivity index (χ1) is 13.1. The van der Waals surface area contributed by atoms with Gasteiger partial charge >= 0.3 is 0 Å². The number of ketones is 1. The summed E-state index contributed by atoms with van der Waals surface area (Å²) in [7, 11) is 1.47. The summed E-state index contributed by atoms with van der Waals surface area (Å²) in [6.45, 7) is 1.05. The second-order valence-corrected chi connectivity index (χ2v) is 7.19. The zero-order valence-corrected chi connectivity index (χ0v) is 15.2. The lowest BCUT2D eigenvalue weighted by Crippen LogP contribution is -2.50. The van der Waals surface area contributed by atoms with Crippen LogP contribution >= 0.6 is 0 Å². The van der Waals surface area contributed by atoms with Crippen LogP contribution in [0.15, 0.2) is 30.3 Å². The minimum atomic E-state index is -0.442. The highest BCUT2D eigenvalue weighted by Crippen LogP contribution is 2.46. The zero-order valence-electron chi connectivity index (χ0n) is 15.2. The van der Waals surface area contributed by atoms with Crippen molar-refractivity contribution in [1.29, 1.82) is 0 Å². The maximum absolute atomic E-state index is 12.1. The minimum Gasteiger partial charge on any atom is -0.504 e. The van der Waals surface area contributed by atoms with Crippen molar-refractivity contribution >= 4 is 5.78 Å². The van der Waals surface area contributed by atoms with Crippen molar-refractivity contribution in [3.05, 3.63) is 41.5 Å². The third-order valence-corrected chi connectivity index (χ3v) is 5.34. The molecule has 6 nitrogen and oxygen atoms in total. The van der Waals surface area contributed by atoms with Crippen LogP contribution in [0, 0.1) is 5.41 Å². The lowest BCUT2D eigenvalue weighted by Gasteiger charge is -2.39. The van der Waals surface area contributed by atoms with Crippen LogP contribution in [-0.2, 0) is 11.2 Å². The molecule has 4 rings (SSSR count). The largest absolute Gasteiger partial charge is 0.504 e. The second-order valence-electron chi connectivity index (χ2n) is 7.19. The van der Waals surface area contributed by atoms with Crippen molar-refractivity contribution in [2.75, 3.05) is 33.5 Å². The second kappa shape index (κ2) is 6.87. The zero-order chi connectivity index (χ0) is 19.0.